The molecule has 14 rings (SSSR count). The maximum Gasteiger partial charge on any atom is 0.146 e. The Bertz CT molecular complexity index is 5850. The molecule has 0 aliphatic carbocycles. The van der Waals surface area contributed by atoms with Gasteiger partial charge in [0.05, 0.1) is 128 Å². The molecule has 606 valence electrons. The second-order valence-electron chi connectivity index (χ2n) is 34.1. The van der Waals surface area contributed by atoms with Gasteiger partial charge in [-0.1, -0.05) is 108 Å². The van der Waals surface area contributed by atoms with Gasteiger partial charge in [0, 0.05) is 104 Å². The minimum absolute atomic E-state index is 0.326. The second kappa shape index (κ2) is 34.9. The number of benzene rings is 4. The Morgan fingerprint density at radius 2 is 0.568 bits per heavy atom. The van der Waals surface area contributed by atoms with E-state index in [1.54, 1.807) is 28.4 Å². The van der Waals surface area contributed by atoms with Crippen LogP contribution in [0.3, 0.4) is 0 Å². The van der Waals surface area contributed by atoms with Gasteiger partial charge in [0.15, 0.2) is 0 Å². The summed E-state index contributed by atoms with van der Waals surface area (Å²) in [4.78, 5) is 38.0. The molecular weight excluding hydrogens is 1480 g/mol. The van der Waals surface area contributed by atoms with Crippen LogP contribution in [0.2, 0.25) is 16.6 Å². The molecule has 4 aromatic carbocycles. The fourth-order valence-electron chi connectivity index (χ4n) is 15.6. The largest absolute Gasteiger partial charge is 0.493 e. The highest BCUT2D eigenvalue weighted by atomic mass is 28.3. The molecular formula is C101H110N8O8Si. The van der Waals surface area contributed by atoms with E-state index in [9.17, 15) is 0 Å². The van der Waals surface area contributed by atoms with Crippen LogP contribution in [0.1, 0.15) is 185 Å². The highest BCUT2D eigenvalue weighted by Gasteiger charge is 2.42. The van der Waals surface area contributed by atoms with Crippen molar-refractivity contribution in [3.8, 4) is 90.8 Å². The van der Waals surface area contributed by atoms with Gasteiger partial charge >= 0.3 is 0 Å². The van der Waals surface area contributed by atoms with Crippen molar-refractivity contribution in [3.63, 3.8) is 0 Å². The predicted molar refractivity (Wildman–Crippen MR) is 488 cm³/mol. The van der Waals surface area contributed by atoms with Crippen molar-refractivity contribution in [1.82, 2.24) is 39.9 Å². The fraction of sp³-hybridized carbons (Fsp3) is 0.327. The molecule has 0 atom stereocenters. The third-order valence-corrected chi connectivity index (χ3v) is 29.9. The van der Waals surface area contributed by atoms with Crippen LogP contribution in [-0.2, 0) is 18.9 Å². The molecule has 0 fully saturated rings. The summed E-state index contributed by atoms with van der Waals surface area (Å²) in [6, 6.07) is 52.0. The van der Waals surface area contributed by atoms with Crippen molar-refractivity contribution < 1.29 is 37.9 Å². The van der Waals surface area contributed by atoms with Gasteiger partial charge in [-0.2, -0.15) is 0 Å². The molecule has 10 heterocycles. The average Bonchev–Trinajstić information content (AvgIpc) is 1.76. The van der Waals surface area contributed by atoms with Gasteiger partial charge in [0.25, 0.3) is 0 Å². The van der Waals surface area contributed by atoms with Crippen LogP contribution < -0.4 is 18.9 Å². The van der Waals surface area contributed by atoms with Crippen LogP contribution in [0.25, 0.3) is 137 Å². The van der Waals surface area contributed by atoms with Crippen molar-refractivity contribution in [2.24, 2.45) is 0 Å². The molecule has 4 aliphatic rings. The molecule has 0 unspecified atom stereocenters. The van der Waals surface area contributed by atoms with E-state index in [0.717, 1.165) is 164 Å². The van der Waals surface area contributed by atoms with Gasteiger partial charge in [0.2, 0.25) is 0 Å². The summed E-state index contributed by atoms with van der Waals surface area (Å²) in [6.07, 6.45) is 19.5. The summed E-state index contributed by atoms with van der Waals surface area (Å²) in [5, 5.41) is 0. The van der Waals surface area contributed by atoms with E-state index in [-0.39, 0.29) is 22.4 Å². The molecule has 10 aromatic rings. The molecule has 4 N–H and O–H groups in total. The summed E-state index contributed by atoms with van der Waals surface area (Å²) in [5.41, 5.74) is 25.7. The van der Waals surface area contributed by atoms with Crippen LogP contribution in [0.15, 0.2) is 152 Å². The van der Waals surface area contributed by atoms with Crippen LogP contribution in [-0.4, -0.2) is 125 Å². The monoisotopic (exact) mass is 1590 g/mol. The number of methoxy groups -OCH3 is 4. The zero-order valence-corrected chi connectivity index (χ0v) is 72.5. The molecule has 16 nitrogen and oxygen atoms in total. The van der Waals surface area contributed by atoms with Crippen LogP contribution >= 0.6 is 0 Å². The van der Waals surface area contributed by atoms with Crippen molar-refractivity contribution in [2.45, 2.75) is 162 Å². The number of hydrogen-bond donors (Lipinski definition) is 4. The first kappa shape index (κ1) is 83.0. The summed E-state index contributed by atoms with van der Waals surface area (Å²) in [7, 11) is 4.64. The predicted octanol–water partition coefficient (Wildman–Crippen LogP) is 24.0. The Morgan fingerprint density at radius 1 is 0.305 bits per heavy atom. The summed E-state index contributed by atoms with van der Waals surface area (Å²) < 4.78 is 48.4. The van der Waals surface area contributed by atoms with Crippen molar-refractivity contribution in [1.29, 1.82) is 0 Å². The Hall–Kier alpha value is -11.5. The maximum atomic E-state index is 6.40. The zero-order valence-electron chi connectivity index (χ0n) is 71.5. The number of ether oxygens (including phenoxy) is 8. The lowest BCUT2D eigenvalue weighted by Gasteiger charge is -2.38. The summed E-state index contributed by atoms with van der Waals surface area (Å²) in [6.45, 7) is 32.6. The van der Waals surface area contributed by atoms with Crippen molar-refractivity contribution in [2.75, 3.05) is 54.9 Å². The third-order valence-electron chi connectivity index (χ3n) is 23.6. The molecule has 0 saturated heterocycles. The first-order valence-corrected chi connectivity index (χ1v) is 43.3. The van der Waals surface area contributed by atoms with E-state index in [1.807, 2.05) is 48.5 Å². The Balaban J connectivity index is 1.03. The molecule has 16 bridgehead atoms. The maximum absolute atomic E-state index is 6.40. The van der Waals surface area contributed by atoms with Gasteiger partial charge in [-0.05, 0) is 246 Å². The van der Waals surface area contributed by atoms with E-state index >= 15 is 0 Å². The molecule has 17 heteroatoms. The molecule has 4 aliphatic heterocycles. The van der Waals surface area contributed by atoms with Gasteiger partial charge in [-0.25, -0.2) is 19.9 Å². The molecule has 0 radical (unpaired) electrons. The number of nitrogens with zero attached hydrogens (tertiary/aromatic N) is 4. The molecule has 0 spiro atoms. The van der Waals surface area contributed by atoms with Crippen molar-refractivity contribution in [3.05, 3.63) is 214 Å². The Kier molecular flexibility index (Phi) is 24.6. The average molecular weight is 1590 g/mol. The Morgan fingerprint density at radius 3 is 0.873 bits per heavy atom. The quantitative estimate of drug-likeness (QED) is 0.0282. The molecule has 0 amide bonds. The normalized spacial score (nSPS) is 12.9. The lowest BCUT2D eigenvalue weighted by Crippen LogP contribution is -2.43. The SMILES string of the molecule is COC(C)(C)CCOc1ccc(-c2c3nc(c(C#Cc4c5nc(c(-c6ccc(OCCC(C)(C)OC)cc6)c6ccc([nH]6)c(C#C[Si](C(C)C)(C(C)C)C(C)C)c6nc(c(-c7ccc(OCCC(C)(C)OC)cc7)c7ccc4[nH]7)C=C6)C=C5)c4ccc([nH]4)c(-c4ccc(OCCC(C)(C)OC)cc4)c4nc(cc5ccc2[nH]5)C=C4)C=C3)cc1. The highest BCUT2D eigenvalue weighted by molar-refractivity contribution is 6.90. The van der Waals surface area contributed by atoms with Gasteiger partial charge < -0.3 is 57.8 Å². The summed E-state index contributed by atoms with van der Waals surface area (Å²) >= 11 is 0. The molecule has 118 heavy (non-hydrogen) atoms. The van der Waals surface area contributed by atoms with E-state index in [2.05, 4.69) is 292 Å². The lowest BCUT2D eigenvalue weighted by molar-refractivity contribution is 0.00511. The molecule has 6 aromatic heterocycles. The standard InChI is InChI=1S/C101H110N8O8Si/c1-64(2)118(65(3)4,66(5)6)62-53-79-84-45-51-92(108-84)96(69-23-33-75(34-24-69)116-60-56-100(11,12)112-17)90-49-43-82(106-90)78(83-44-50-91(107-83)97(93-52-46-85(79)109-93)70-25-35-76(36-26-70)117-61-57-101(13,14)113-18)38-37-77-80-41-47-88(104-80)94(67-19-29-73(30-20-67)114-58-54-98(7,8)110-15)86-39-27-71(102-86)63-72-28-40-87(103-72)95(89-48-42-81(77)105-89)68-21-31-74(32-22-68)115-59-55-99(9,10)111-16/h19-36,39-52,63-66,102,105-106,109H,54-61H2,1-18H3. The smallest absolute Gasteiger partial charge is 0.146 e. The topological polar surface area (TPSA) is 189 Å². The minimum atomic E-state index is -2.29. The van der Waals surface area contributed by atoms with E-state index in [0.29, 0.717) is 78.4 Å². The van der Waals surface area contributed by atoms with E-state index in [1.165, 1.54) is 0 Å². The fourth-order valence-corrected chi connectivity index (χ4v) is 20.8. The zero-order chi connectivity index (χ0) is 83.3. The number of hydrogen-bond acceptors (Lipinski definition) is 12. The minimum Gasteiger partial charge on any atom is -0.493 e. The van der Waals surface area contributed by atoms with Gasteiger partial charge in [0.1, 0.15) is 31.1 Å². The first-order valence-electron chi connectivity index (χ1n) is 41.1. The second-order valence-corrected chi connectivity index (χ2v) is 39.7. The highest BCUT2D eigenvalue weighted by Crippen LogP contribution is 2.43. The number of aromatic amines is 4. The number of aromatic nitrogens is 8. The molecule has 0 saturated carbocycles. The van der Waals surface area contributed by atoms with E-state index in [4.69, 9.17) is 57.8 Å². The van der Waals surface area contributed by atoms with Crippen LogP contribution in [0.4, 0.5) is 0 Å². The van der Waals surface area contributed by atoms with Crippen molar-refractivity contribution >= 4 is 101 Å². The third kappa shape index (κ3) is 18.6. The van der Waals surface area contributed by atoms with Crippen LogP contribution in [0.5, 0.6) is 23.0 Å². The van der Waals surface area contributed by atoms with Gasteiger partial charge in [-0.15, -0.1) is 5.54 Å². The number of rotatable bonds is 27. The van der Waals surface area contributed by atoms with Crippen LogP contribution in [0, 0.1) is 23.3 Å². The Labute approximate surface area is 695 Å². The number of fused-ring (bicyclic) bond motifs is 16. The summed E-state index contributed by atoms with van der Waals surface area (Å²) in [5.74, 6) is 14.6. The first-order chi connectivity index (χ1) is 56.6. The number of H-pyrrole nitrogens is 4. The van der Waals surface area contributed by atoms with Gasteiger partial charge in [-0.3, -0.25) is 0 Å². The lowest BCUT2D eigenvalue weighted by atomic mass is 10.0. The number of nitrogens with one attached hydrogen (secondary N) is 4. The van der Waals surface area contributed by atoms with E-state index < -0.39 is 8.07 Å².